The number of nitrogens with zero attached hydrogens (tertiary/aromatic N) is 1. The third-order valence-corrected chi connectivity index (χ3v) is 4.20. The van der Waals surface area contributed by atoms with Crippen molar-refractivity contribution in [1.82, 2.24) is 5.32 Å². The van der Waals surface area contributed by atoms with Crippen LogP contribution in [0.2, 0.25) is 0 Å². The lowest BCUT2D eigenvalue weighted by Crippen LogP contribution is -2.43. The second-order valence-electron chi connectivity index (χ2n) is 5.63. The van der Waals surface area contributed by atoms with E-state index in [1.807, 2.05) is 0 Å². The molecule has 1 amide bonds. The van der Waals surface area contributed by atoms with E-state index >= 15 is 0 Å². The number of hydrogen-bond acceptors (Lipinski definition) is 3. The first-order chi connectivity index (χ1) is 7.16. The normalized spacial score (nSPS) is 24.9. The molecule has 0 aromatic heterocycles. The van der Waals surface area contributed by atoms with Gasteiger partial charge in [-0.1, -0.05) is 32.9 Å². The van der Waals surface area contributed by atoms with Gasteiger partial charge in [-0.3, -0.25) is 4.79 Å². The van der Waals surface area contributed by atoms with E-state index in [0.29, 0.717) is 0 Å². The lowest BCUT2D eigenvalue weighted by atomic mass is 10.0. The van der Waals surface area contributed by atoms with Crippen molar-refractivity contribution in [2.75, 3.05) is 0 Å². The SMILES string of the molecule is CC(NC(=O)C1C(C)(C)C1(C)C)C(N)=NO. The predicted molar refractivity (Wildman–Crippen MR) is 62.1 cm³/mol. The van der Waals surface area contributed by atoms with Crippen molar-refractivity contribution >= 4 is 11.7 Å². The number of nitrogens with two attached hydrogens (primary N) is 1. The quantitative estimate of drug-likeness (QED) is 0.290. The molecule has 1 atom stereocenters. The molecule has 0 saturated heterocycles. The first-order valence-corrected chi connectivity index (χ1v) is 5.44. The first kappa shape index (κ1) is 12.8. The number of rotatable bonds is 3. The summed E-state index contributed by atoms with van der Waals surface area (Å²) in [6.45, 7) is 9.99. The Morgan fingerprint density at radius 2 is 1.81 bits per heavy atom. The molecule has 0 aliphatic heterocycles. The number of amidine groups is 1. The van der Waals surface area contributed by atoms with Gasteiger partial charge in [0.2, 0.25) is 5.91 Å². The highest BCUT2D eigenvalue weighted by Gasteiger charge is 2.68. The summed E-state index contributed by atoms with van der Waals surface area (Å²) in [6.07, 6.45) is 0. The predicted octanol–water partition coefficient (Wildman–Crippen LogP) is 0.920. The van der Waals surface area contributed by atoms with Crippen LogP contribution in [0.5, 0.6) is 0 Å². The van der Waals surface area contributed by atoms with E-state index < -0.39 is 6.04 Å². The summed E-state index contributed by atoms with van der Waals surface area (Å²) in [5.74, 6) is -0.0346. The Bertz CT molecular complexity index is 320. The van der Waals surface area contributed by atoms with Crippen LogP contribution in [0.3, 0.4) is 0 Å². The van der Waals surface area contributed by atoms with Crippen LogP contribution in [0.25, 0.3) is 0 Å². The summed E-state index contributed by atoms with van der Waals surface area (Å²) in [4.78, 5) is 12.0. The number of carbonyl (C=O) groups excluding carboxylic acids is 1. The maximum absolute atomic E-state index is 12.0. The molecule has 0 heterocycles. The number of amides is 1. The first-order valence-electron chi connectivity index (χ1n) is 5.44. The fourth-order valence-electron chi connectivity index (χ4n) is 2.31. The minimum absolute atomic E-state index is 0.00191. The Morgan fingerprint density at radius 1 is 1.38 bits per heavy atom. The molecule has 1 saturated carbocycles. The molecule has 0 aromatic rings. The van der Waals surface area contributed by atoms with Gasteiger partial charge in [0.25, 0.3) is 0 Å². The highest BCUT2D eigenvalue weighted by Crippen LogP contribution is 2.68. The summed E-state index contributed by atoms with van der Waals surface area (Å²) in [7, 11) is 0. The third kappa shape index (κ3) is 1.74. The van der Waals surface area contributed by atoms with Gasteiger partial charge in [-0.15, -0.1) is 0 Å². The van der Waals surface area contributed by atoms with Gasteiger partial charge in [-0.2, -0.15) is 0 Å². The maximum Gasteiger partial charge on any atom is 0.224 e. The Hall–Kier alpha value is -1.26. The second kappa shape index (κ2) is 3.64. The second-order valence-corrected chi connectivity index (χ2v) is 5.63. The van der Waals surface area contributed by atoms with E-state index in [1.54, 1.807) is 6.92 Å². The van der Waals surface area contributed by atoms with Gasteiger partial charge in [-0.05, 0) is 17.8 Å². The van der Waals surface area contributed by atoms with Crippen molar-refractivity contribution in [3.05, 3.63) is 0 Å². The van der Waals surface area contributed by atoms with Crippen molar-refractivity contribution in [3.8, 4) is 0 Å². The fourth-order valence-corrected chi connectivity index (χ4v) is 2.31. The van der Waals surface area contributed by atoms with E-state index in [0.717, 1.165) is 0 Å². The van der Waals surface area contributed by atoms with E-state index in [2.05, 4.69) is 38.2 Å². The van der Waals surface area contributed by atoms with Gasteiger partial charge in [-0.25, -0.2) is 0 Å². The van der Waals surface area contributed by atoms with E-state index in [4.69, 9.17) is 10.9 Å². The summed E-state index contributed by atoms with van der Waals surface area (Å²) in [5, 5.41) is 14.1. The van der Waals surface area contributed by atoms with Crippen LogP contribution in [0.4, 0.5) is 0 Å². The van der Waals surface area contributed by atoms with Gasteiger partial charge in [0.15, 0.2) is 5.84 Å². The van der Waals surface area contributed by atoms with Crippen molar-refractivity contribution in [3.63, 3.8) is 0 Å². The molecular weight excluding hydrogens is 206 g/mol. The molecule has 5 heteroatoms. The van der Waals surface area contributed by atoms with Crippen molar-refractivity contribution in [2.24, 2.45) is 27.6 Å². The third-order valence-electron chi connectivity index (χ3n) is 4.20. The zero-order valence-corrected chi connectivity index (χ0v) is 10.5. The molecule has 0 bridgehead atoms. The van der Waals surface area contributed by atoms with Crippen LogP contribution in [-0.4, -0.2) is 23.0 Å². The Kier molecular flexibility index (Phi) is 2.92. The minimum atomic E-state index is -0.440. The van der Waals surface area contributed by atoms with E-state index in [-0.39, 0.29) is 28.5 Å². The Labute approximate surface area is 96.1 Å². The summed E-state index contributed by atoms with van der Waals surface area (Å²) >= 11 is 0. The van der Waals surface area contributed by atoms with Gasteiger partial charge in [0.1, 0.15) is 0 Å². The molecule has 4 N–H and O–H groups in total. The summed E-state index contributed by atoms with van der Waals surface area (Å²) in [5.41, 5.74) is 5.41. The highest BCUT2D eigenvalue weighted by atomic mass is 16.4. The van der Waals surface area contributed by atoms with Crippen molar-refractivity contribution in [2.45, 2.75) is 40.7 Å². The van der Waals surface area contributed by atoms with E-state index in [1.165, 1.54) is 0 Å². The summed E-state index contributed by atoms with van der Waals surface area (Å²) in [6, 6.07) is -0.440. The molecule has 16 heavy (non-hydrogen) atoms. The molecule has 5 nitrogen and oxygen atoms in total. The number of carbonyl (C=O) groups is 1. The molecule has 0 spiro atoms. The number of hydrogen-bond donors (Lipinski definition) is 3. The highest BCUT2D eigenvalue weighted by molar-refractivity contribution is 5.92. The maximum atomic E-state index is 12.0. The standard InChI is InChI=1S/C11H21N3O2/c1-6(8(12)14-16)13-9(15)7-10(2,3)11(7,4)5/h6-7,16H,1-5H3,(H2,12,14)(H,13,15). The lowest BCUT2D eigenvalue weighted by Gasteiger charge is -2.12. The topological polar surface area (TPSA) is 87.7 Å². The lowest BCUT2D eigenvalue weighted by molar-refractivity contribution is -0.123. The molecule has 0 radical (unpaired) electrons. The van der Waals surface area contributed by atoms with Gasteiger partial charge in [0, 0.05) is 5.92 Å². The minimum Gasteiger partial charge on any atom is -0.409 e. The number of oxime groups is 1. The molecule has 1 aliphatic carbocycles. The number of nitrogens with one attached hydrogen (secondary N) is 1. The largest absolute Gasteiger partial charge is 0.409 e. The van der Waals surface area contributed by atoms with Crippen LogP contribution in [0, 0.1) is 16.7 Å². The molecular formula is C11H21N3O2. The summed E-state index contributed by atoms with van der Waals surface area (Å²) < 4.78 is 0. The molecule has 1 rings (SSSR count). The molecule has 0 aromatic carbocycles. The average Bonchev–Trinajstić information content (AvgIpc) is 2.55. The van der Waals surface area contributed by atoms with Gasteiger partial charge < -0.3 is 16.3 Å². The molecule has 1 unspecified atom stereocenters. The Morgan fingerprint density at radius 3 is 2.12 bits per heavy atom. The van der Waals surface area contributed by atoms with Gasteiger partial charge in [0.05, 0.1) is 6.04 Å². The van der Waals surface area contributed by atoms with E-state index in [9.17, 15) is 4.79 Å². The van der Waals surface area contributed by atoms with Crippen molar-refractivity contribution in [1.29, 1.82) is 0 Å². The zero-order valence-electron chi connectivity index (χ0n) is 10.5. The van der Waals surface area contributed by atoms with Crippen LogP contribution in [-0.2, 0) is 4.79 Å². The molecule has 1 aliphatic rings. The smallest absolute Gasteiger partial charge is 0.224 e. The van der Waals surface area contributed by atoms with Crippen LogP contribution in [0.15, 0.2) is 5.16 Å². The van der Waals surface area contributed by atoms with Crippen LogP contribution >= 0.6 is 0 Å². The molecule has 92 valence electrons. The van der Waals surface area contributed by atoms with Gasteiger partial charge >= 0.3 is 0 Å². The van der Waals surface area contributed by atoms with Crippen LogP contribution in [0.1, 0.15) is 34.6 Å². The zero-order chi connectivity index (χ0) is 12.7. The van der Waals surface area contributed by atoms with Crippen LogP contribution < -0.4 is 11.1 Å². The average molecular weight is 227 g/mol. The fraction of sp³-hybridized carbons (Fsp3) is 0.818. The molecule has 1 fully saturated rings. The van der Waals surface area contributed by atoms with Crippen molar-refractivity contribution < 1.29 is 10.0 Å². The monoisotopic (exact) mass is 227 g/mol. The Balaban J connectivity index is 2.63.